The summed E-state index contributed by atoms with van der Waals surface area (Å²) in [6.07, 6.45) is 6.56. The smallest absolute Gasteiger partial charge is 0.258 e. The molecule has 0 radical (unpaired) electrons. The van der Waals surface area contributed by atoms with Crippen LogP contribution in [0.3, 0.4) is 0 Å². The molecule has 1 saturated carbocycles. The molecule has 4 rings (SSSR count). The molecule has 3 aromatic rings. The number of para-hydroxylation sites is 1. The zero-order valence-corrected chi connectivity index (χ0v) is 18.0. The number of carbonyl (C=O) groups excluding carboxylic acids is 1. The first-order chi connectivity index (χ1) is 14.6. The Balaban J connectivity index is 1.72. The van der Waals surface area contributed by atoms with Crippen molar-refractivity contribution in [2.24, 2.45) is 5.92 Å². The number of methoxy groups -OCH3 is 1. The van der Waals surface area contributed by atoms with E-state index in [4.69, 9.17) is 9.72 Å². The zero-order chi connectivity index (χ0) is 21.1. The number of amides is 1. The molecule has 0 N–H and O–H groups in total. The van der Waals surface area contributed by atoms with Crippen molar-refractivity contribution in [3.63, 3.8) is 0 Å². The van der Waals surface area contributed by atoms with Crippen LogP contribution in [0.5, 0.6) is 5.75 Å². The topological polar surface area (TPSA) is 60.2 Å². The number of fused-ring (bicyclic) bond motifs is 1. The van der Waals surface area contributed by atoms with Crippen LogP contribution in [-0.2, 0) is 6.54 Å². The van der Waals surface area contributed by atoms with E-state index in [1.807, 2.05) is 47.5 Å². The maximum Gasteiger partial charge on any atom is 0.258 e. The Morgan fingerprint density at radius 2 is 1.97 bits per heavy atom. The van der Waals surface area contributed by atoms with E-state index >= 15 is 0 Å². The van der Waals surface area contributed by atoms with Crippen LogP contribution in [0.15, 0.2) is 42.6 Å². The van der Waals surface area contributed by atoms with Crippen molar-refractivity contribution in [2.75, 3.05) is 13.7 Å². The van der Waals surface area contributed by atoms with Gasteiger partial charge in [0.2, 0.25) is 0 Å². The fourth-order valence-corrected chi connectivity index (χ4v) is 4.46. The van der Waals surface area contributed by atoms with Crippen LogP contribution in [0.2, 0.25) is 0 Å². The number of ether oxygens (including phenoxy) is 1. The van der Waals surface area contributed by atoms with E-state index in [9.17, 15) is 4.79 Å². The molecule has 0 atom stereocenters. The maximum atomic E-state index is 13.5. The first-order valence-electron chi connectivity index (χ1n) is 10.8. The summed E-state index contributed by atoms with van der Waals surface area (Å²) >= 11 is 0. The molecule has 0 saturated heterocycles. The van der Waals surface area contributed by atoms with Gasteiger partial charge in [-0.25, -0.2) is 9.97 Å². The highest BCUT2D eigenvalue weighted by atomic mass is 16.5. The van der Waals surface area contributed by atoms with Gasteiger partial charge in [0.1, 0.15) is 17.1 Å². The Morgan fingerprint density at radius 1 is 1.20 bits per heavy atom. The van der Waals surface area contributed by atoms with Gasteiger partial charge in [0.25, 0.3) is 5.91 Å². The summed E-state index contributed by atoms with van der Waals surface area (Å²) in [5, 5.41) is 0. The van der Waals surface area contributed by atoms with Gasteiger partial charge in [-0.05, 0) is 43.0 Å². The molecule has 1 fully saturated rings. The maximum absolute atomic E-state index is 13.5. The monoisotopic (exact) mass is 406 g/mol. The van der Waals surface area contributed by atoms with Gasteiger partial charge in [-0.3, -0.25) is 4.79 Å². The van der Waals surface area contributed by atoms with Crippen LogP contribution in [0.25, 0.3) is 11.2 Å². The molecule has 0 spiro atoms. The minimum absolute atomic E-state index is 0.0286. The normalized spacial score (nSPS) is 14.5. The summed E-state index contributed by atoms with van der Waals surface area (Å²) < 4.78 is 7.73. The number of benzene rings is 1. The van der Waals surface area contributed by atoms with E-state index in [2.05, 4.69) is 23.4 Å². The number of imidazole rings is 1. The molecule has 1 aromatic carbocycles. The third kappa shape index (κ3) is 4.04. The van der Waals surface area contributed by atoms with E-state index in [1.54, 1.807) is 7.11 Å². The van der Waals surface area contributed by atoms with Gasteiger partial charge < -0.3 is 14.2 Å². The molecule has 1 amide bonds. The number of rotatable bonds is 7. The van der Waals surface area contributed by atoms with E-state index in [1.165, 1.54) is 12.8 Å². The summed E-state index contributed by atoms with van der Waals surface area (Å²) in [6, 6.07) is 11.8. The average Bonchev–Trinajstić information content (AvgIpc) is 3.39. The predicted molar refractivity (Wildman–Crippen MR) is 118 cm³/mol. The van der Waals surface area contributed by atoms with Crippen molar-refractivity contribution >= 4 is 17.1 Å². The second kappa shape index (κ2) is 8.86. The fourth-order valence-electron chi connectivity index (χ4n) is 4.46. The van der Waals surface area contributed by atoms with Gasteiger partial charge in [0.15, 0.2) is 5.65 Å². The molecule has 158 valence electrons. The Labute approximate surface area is 177 Å². The SMILES string of the molecule is COc1ccccc1C(=O)N(Cc1nc2cccnc2n1C1CCCC1)CC(C)C. The average molecular weight is 407 g/mol. The van der Waals surface area contributed by atoms with Gasteiger partial charge in [-0.1, -0.05) is 38.8 Å². The minimum Gasteiger partial charge on any atom is -0.496 e. The lowest BCUT2D eigenvalue weighted by Gasteiger charge is -2.26. The molecule has 0 bridgehead atoms. The van der Waals surface area contributed by atoms with Gasteiger partial charge in [-0.15, -0.1) is 0 Å². The summed E-state index contributed by atoms with van der Waals surface area (Å²) in [4.78, 5) is 24.9. The van der Waals surface area contributed by atoms with E-state index in [0.717, 1.165) is 29.8 Å². The third-order valence-electron chi connectivity index (χ3n) is 5.75. The highest BCUT2D eigenvalue weighted by Crippen LogP contribution is 2.33. The van der Waals surface area contributed by atoms with Crippen LogP contribution in [0.4, 0.5) is 0 Å². The number of nitrogens with zero attached hydrogens (tertiary/aromatic N) is 4. The van der Waals surface area contributed by atoms with Gasteiger partial charge in [0, 0.05) is 18.8 Å². The summed E-state index contributed by atoms with van der Waals surface area (Å²) in [5.74, 6) is 1.83. The van der Waals surface area contributed by atoms with E-state index in [0.29, 0.717) is 36.4 Å². The minimum atomic E-state index is -0.0286. The second-order valence-electron chi connectivity index (χ2n) is 8.46. The van der Waals surface area contributed by atoms with Crippen molar-refractivity contribution in [3.8, 4) is 5.75 Å². The van der Waals surface area contributed by atoms with E-state index in [-0.39, 0.29) is 5.91 Å². The van der Waals surface area contributed by atoms with Crippen molar-refractivity contribution in [1.29, 1.82) is 0 Å². The molecule has 0 unspecified atom stereocenters. The van der Waals surface area contributed by atoms with Crippen LogP contribution < -0.4 is 4.74 Å². The molecule has 0 aliphatic heterocycles. The fraction of sp³-hybridized carbons (Fsp3) is 0.458. The molecule has 1 aliphatic carbocycles. The summed E-state index contributed by atoms with van der Waals surface area (Å²) in [5.41, 5.74) is 2.41. The van der Waals surface area contributed by atoms with Crippen LogP contribution in [-0.4, -0.2) is 39.0 Å². The lowest BCUT2D eigenvalue weighted by atomic mass is 10.1. The Kier molecular flexibility index (Phi) is 6.02. The number of hydrogen-bond acceptors (Lipinski definition) is 4. The quantitative estimate of drug-likeness (QED) is 0.563. The van der Waals surface area contributed by atoms with Crippen LogP contribution in [0.1, 0.15) is 61.8 Å². The lowest BCUT2D eigenvalue weighted by Crippen LogP contribution is -2.35. The van der Waals surface area contributed by atoms with E-state index < -0.39 is 0 Å². The van der Waals surface area contributed by atoms with Gasteiger partial charge in [-0.2, -0.15) is 0 Å². The molecular weight excluding hydrogens is 376 g/mol. The number of aromatic nitrogens is 3. The van der Waals surface area contributed by atoms with Crippen LogP contribution in [0, 0.1) is 5.92 Å². The van der Waals surface area contributed by atoms with Crippen molar-refractivity contribution in [2.45, 2.75) is 52.1 Å². The molecule has 30 heavy (non-hydrogen) atoms. The van der Waals surface area contributed by atoms with Crippen molar-refractivity contribution in [3.05, 3.63) is 54.0 Å². The first kappa shape index (κ1) is 20.4. The Bertz CT molecular complexity index is 1020. The second-order valence-corrected chi connectivity index (χ2v) is 8.46. The predicted octanol–water partition coefficient (Wildman–Crippen LogP) is 4.85. The Hall–Kier alpha value is -2.89. The first-order valence-corrected chi connectivity index (χ1v) is 10.8. The van der Waals surface area contributed by atoms with Crippen molar-refractivity contribution < 1.29 is 9.53 Å². The molecule has 2 heterocycles. The molecule has 1 aliphatic rings. The van der Waals surface area contributed by atoms with Crippen LogP contribution >= 0.6 is 0 Å². The summed E-state index contributed by atoms with van der Waals surface area (Å²) in [7, 11) is 1.60. The Morgan fingerprint density at radius 3 is 2.70 bits per heavy atom. The largest absolute Gasteiger partial charge is 0.496 e. The highest BCUT2D eigenvalue weighted by Gasteiger charge is 2.27. The lowest BCUT2D eigenvalue weighted by molar-refractivity contribution is 0.0712. The van der Waals surface area contributed by atoms with Crippen molar-refractivity contribution in [1.82, 2.24) is 19.4 Å². The zero-order valence-electron chi connectivity index (χ0n) is 18.0. The third-order valence-corrected chi connectivity index (χ3v) is 5.75. The summed E-state index contributed by atoms with van der Waals surface area (Å²) in [6.45, 7) is 5.37. The number of carbonyl (C=O) groups is 1. The van der Waals surface area contributed by atoms with Gasteiger partial charge in [0.05, 0.1) is 19.2 Å². The molecular formula is C24H30N4O2. The molecule has 2 aromatic heterocycles. The number of hydrogen-bond donors (Lipinski definition) is 0. The molecule has 6 nitrogen and oxygen atoms in total. The molecule has 6 heteroatoms. The number of pyridine rings is 1. The van der Waals surface area contributed by atoms with Gasteiger partial charge >= 0.3 is 0 Å². The standard InChI is InChI=1S/C24H30N4O2/c1-17(2)15-27(24(29)19-11-6-7-13-21(19)30-3)16-22-26-20-12-8-14-25-23(20)28(22)18-9-4-5-10-18/h6-8,11-14,17-18H,4-5,9-10,15-16H2,1-3H3. The highest BCUT2D eigenvalue weighted by molar-refractivity contribution is 5.97.